The van der Waals surface area contributed by atoms with Gasteiger partial charge in [-0.05, 0) is 48.0 Å². The summed E-state index contributed by atoms with van der Waals surface area (Å²) in [4.78, 5) is 23.6. The molecule has 2 aromatic rings. The Balaban J connectivity index is 2.17. The lowest BCUT2D eigenvalue weighted by Crippen LogP contribution is -2.13. The van der Waals surface area contributed by atoms with E-state index in [4.69, 9.17) is 11.6 Å². The first kappa shape index (κ1) is 18.0. The zero-order valence-electron chi connectivity index (χ0n) is 13.1. The van der Waals surface area contributed by atoms with Crippen LogP contribution in [0.4, 0.5) is 5.69 Å². The van der Waals surface area contributed by atoms with Gasteiger partial charge in [-0.15, -0.1) is 0 Å². The molecule has 2 aromatic carbocycles. The van der Waals surface area contributed by atoms with Gasteiger partial charge in [0.2, 0.25) is 0 Å². The van der Waals surface area contributed by atoms with E-state index in [1.54, 1.807) is 0 Å². The van der Waals surface area contributed by atoms with Gasteiger partial charge >= 0.3 is 5.97 Å². The molecule has 0 saturated heterocycles. The number of ether oxygens (including phenoxy) is 1. The molecule has 1 amide bonds. The summed E-state index contributed by atoms with van der Waals surface area (Å²) in [7, 11) is 1.28. The summed E-state index contributed by atoms with van der Waals surface area (Å²) in [5.74, 6) is -1.19. The molecule has 25 heavy (non-hydrogen) atoms. The second-order valence-corrected chi connectivity index (χ2v) is 5.31. The highest BCUT2D eigenvalue weighted by atomic mass is 35.5. The van der Waals surface area contributed by atoms with Crippen molar-refractivity contribution in [3.8, 4) is 11.8 Å². The standard InChI is InChI=1S/C18H13ClN2O4/c1-25-18(24)12-3-5-14(6-4-12)21-17(23)13(10-20)8-11-2-7-16(22)15(19)9-11/h2-9,22H,1H3,(H,21,23)/b13-8+. The highest BCUT2D eigenvalue weighted by molar-refractivity contribution is 6.32. The minimum absolute atomic E-state index is 0.0903. The topological polar surface area (TPSA) is 99.4 Å². The first-order valence-electron chi connectivity index (χ1n) is 7.04. The van der Waals surface area contributed by atoms with Crippen LogP contribution in [-0.2, 0) is 9.53 Å². The van der Waals surface area contributed by atoms with Crippen molar-refractivity contribution in [3.63, 3.8) is 0 Å². The number of phenols is 1. The number of hydrogen-bond donors (Lipinski definition) is 2. The Kier molecular flexibility index (Phi) is 5.77. The fourth-order valence-electron chi connectivity index (χ4n) is 1.93. The van der Waals surface area contributed by atoms with Crippen molar-refractivity contribution in [2.45, 2.75) is 0 Å². The number of aromatic hydroxyl groups is 1. The molecule has 0 aromatic heterocycles. The molecular weight excluding hydrogens is 344 g/mol. The first-order chi connectivity index (χ1) is 11.9. The van der Waals surface area contributed by atoms with E-state index in [2.05, 4.69) is 10.1 Å². The summed E-state index contributed by atoms with van der Waals surface area (Å²) in [6.45, 7) is 0. The van der Waals surface area contributed by atoms with Crippen LogP contribution in [0.3, 0.4) is 0 Å². The lowest BCUT2D eigenvalue weighted by molar-refractivity contribution is -0.112. The minimum atomic E-state index is -0.613. The number of methoxy groups -OCH3 is 1. The number of esters is 1. The highest BCUT2D eigenvalue weighted by Crippen LogP contribution is 2.24. The summed E-state index contributed by atoms with van der Waals surface area (Å²) in [6.07, 6.45) is 1.35. The maximum absolute atomic E-state index is 12.2. The quantitative estimate of drug-likeness (QED) is 0.497. The van der Waals surface area contributed by atoms with Crippen LogP contribution >= 0.6 is 11.6 Å². The predicted molar refractivity (Wildman–Crippen MR) is 93.1 cm³/mol. The summed E-state index contributed by atoms with van der Waals surface area (Å²) in [6, 6.07) is 12.2. The number of anilines is 1. The Morgan fingerprint density at radius 1 is 1.24 bits per heavy atom. The van der Waals surface area contributed by atoms with Crippen LogP contribution in [0.25, 0.3) is 6.08 Å². The van der Waals surface area contributed by atoms with Crippen molar-refractivity contribution >= 4 is 35.2 Å². The second kappa shape index (κ2) is 7.99. The molecule has 2 N–H and O–H groups in total. The Morgan fingerprint density at radius 3 is 2.48 bits per heavy atom. The zero-order valence-corrected chi connectivity index (χ0v) is 13.9. The average Bonchev–Trinajstić information content (AvgIpc) is 2.62. The van der Waals surface area contributed by atoms with Gasteiger partial charge in [0.1, 0.15) is 17.4 Å². The van der Waals surface area contributed by atoms with Gasteiger partial charge in [-0.2, -0.15) is 5.26 Å². The van der Waals surface area contributed by atoms with E-state index in [-0.39, 0.29) is 16.3 Å². The van der Waals surface area contributed by atoms with Crippen molar-refractivity contribution in [3.05, 3.63) is 64.2 Å². The normalized spacial score (nSPS) is 10.7. The van der Waals surface area contributed by atoms with Gasteiger partial charge in [-0.3, -0.25) is 4.79 Å². The molecule has 2 rings (SSSR count). The molecule has 0 aliphatic rings. The summed E-state index contributed by atoms with van der Waals surface area (Å²) in [5.41, 5.74) is 1.12. The third-order valence-electron chi connectivity index (χ3n) is 3.21. The van der Waals surface area contributed by atoms with Crippen molar-refractivity contribution in [2.24, 2.45) is 0 Å². The monoisotopic (exact) mass is 356 g/mol. The number of nitriles is 1. The van der Waals surface area contributed by atoms with Crippen LogP contribution in [0.2, 0.25) is 5.02 Å². The molecule has 0 spiro atoms. The molecule has 0 heterocycles. The lowest BCUT2D eigenvalue weighted by atomic mass is 10.1. The lowest BCUT2D eigenvalue weighted by Gasteiger charge is -2.06. The van der Waals surface area contributed by atoms with E-state index in [9.17, 15) is 20.0 Å². The van der Waals surface area contributed by atoms with Crippen LogP contribution in [0, 0.1) is 11.3 Å². The van der Waals surface area contributed by atoms with Gasteiger partial charge in [0, 0.05) is 5.69 Å². The van der Waals surface area contributed by atoms with Crippen LogP contribution < -0.4 is 5.32 Å². The molecule has 0 saturated carbocycles. The number of nitrogens with one attached hydrogen (secondary N) is 1. The maximum atomic E-state index is 12.2. The van der Waals surface area contributed by atoms with E-state index in [0.29, 0.717) is 16.8 Å². The van der Waals surface area contributed by atoms with Crippen molar-refractivity contribution in [2.75, 3.05) is 12.4 Å². The van der Waals surface area contributed by atoms with Gasteiger partial charge in [-0.25, -0.2) is 4.79 Å². The summed E-state index contributed by atoms with van der Waals surface area (Å²) in [5, 5.41) is 21.2. The van der Waals surface area contributed by atoms with Gasteiger partial charge in [-0.1, -0.05) is 17.7 Å². The number of hydrogen-bond acceptors (Lipinski definition) is 5. The molecule has 0 aliphatic carbocycles. The van der Waals surface area contributed by atoms with Crippen LogP contribution in [0.1, 0.15) is 15.9 Å². The number of amides is 1. The largest absolute Gasteiger partial charge is 0.506 e. The maximum Gasteiger partial charge on any atom is 0.337 e. The highest BCUT2D eigenvalue weighted by Gasteiger charge is 2.11. The number of nitrogens with zero attached hydrogens (tertiary/aromatic N) is 1. The molecule has 0 bridgehead atoms. The summed E-state index contributed by atoms with van der Waals surface area (Å²) >= 11 is 5.80. The zero-order chi connectivity index (χ0) is 18.4. The van der Waals surface area contributed by atoms with Crippen LogP contribution in [0.15, 0.2) is 48.0 Å². The summed E-state index contributed by atoms with van der Waals surface area (Å²) < 4.78 is 4.59. The van der Waals surface area contributed by atoms with Crippen molar-refractivity contribution < 1.29 is 19.4 Å². The van der Waals surface area contributed by atoms with Gasteiger partial charge in [0.05, 0.1) is 17.7 Å². The molecule has 7 heteroatoms. The Bertz CT molecular complexity index is 883. The molecule has 126 valence electrons. The predicted octanol–water partition coefficient (Wildman–Crippen LogP) is 3.38. The molecule has 0 unspecified atom stereocenters. The third-order valence-corrected chi connectivity index (χ3v) is 3.51. The van der Waals surface area contributed by atoms with E-state index >= 15 is 0 Å². The molecule has 0 aliphatic heterocycles. The van der Waals surface area contributed by atoms with Crippen LogP contribution in [0.5, 0.6) is 5.75 Å². The Morgan fingerprint density at radius 2 is 1.92 bits per heavy atom. The van der Waals surface area contributed by atoms with E-state index in [1.165, 1.54) is 55.7 Å². The molecule has 0 atom stereocenters. The fraction of sp³-hybridized carbons (Fsp3) is 0.0556. The molecule has 0 radical (unpaired) electrons. The molecule has 6 nitrogen and oxygen atoms in total. The smallest absolute Gasteiger partial charge is 0.337 e. The van der Waals surface area contributed by atoms with Gasteiger partial charge < -0.3 is 15.2 Å². The van der Waals surface area contributed by atoms with E-state index in [0.717, 1.165) is 0 Å². The number of halogens is 1. The SMILES string of the molecule is COC(=O)c1ccc(NC(=O)/C(C#N)=C/c2ccc(O)c(Cl)c2)cc1. The van der Waals surface area contributed by atoms with Crippen molar-refractivity contribution in [1.29, 1.82) is 5.26 Å². The minimum Gasteiger partial charge on any atom is -0.506 e. The molecular formula is C18H13ClN2O4. The van der Waals surface area contributed by atoms with Gasteiger partial charge in [0.15, 0.2) is 0 Å². The fourth-order valence-corrected chi connectivity index (χ4v) is 2.12. The van der Waals surface area contributed by atoms with E-state index in [1.807, 2.05) is 6.07 Å². The number of phenolic OH excluding ortho intramolecular Hbond substituents is 1. The number of rotatable bonds is 4. The Hall–Kier alpha value is -3.30. The van der Waals surface area contributed by atoms with Gasteiger partial charge in [0.25, 0.3) is 5.91 Å². The Labute approximate surface area is 148 Å². The number of carbonyl (C=O) groups is 2. The first-order valence-corrected chi connectivity index (χ1v) is 7.42. The number of benzene rings is 2. The average molecular weight is 357 g/mol. The van der Waals surface area contributed by atoms with Crippen LogP contribution in [-0.4, -0.2) is 24.1 Å². The number of carbonyl (C=O) groups excluding carboxylic acids is 2. The third kappa shape index (κ3) is 4.59. The second-order valence-electron chi connectivity index (χ2n) is 4.90. The van der Waals surface area contributed by atoms with E-state index < -0.39 is 11.9 Å². The van der Waals surface area contributed by atoms with Crippen molar-refractivity contribution in [1.82, 2.24) is 0 Å². The molecule has 0 fully saturated rings.